The Hall–Kier alpha value is -2.35. The number of carbonyl (C=O) groups excluding carboxylic acids is 2. The number of ether oxygens (including phenoxy) is 2. The van der Waals surface area contributed by atoms with Crippen molar-refractivity contribution in [3.05, 3.63) is 45.7 Å². The molecule has 0 aliphatic heterocycles. The second-order valence-electron chi connectivity index (χ2n) is 6.27. The minimum Gasteiger partial charge on any atom is -0.497 e. The van der Waals surface area contributed by atoms with Crippen LogP contribution in [0.4, 0.5) is 0 Å². The van der Waals surface area contributed by atoms with Gasteiger partial charge in [0.25, 0.3) is 5.91 Å². The Bertz CT molecular complexity index is 804. The van der Waals surface area contributed by atoms with Gasteiger partial charge in [-0.15, -0.1) is 0 Å². The van der Waals surface area contributed by atoms with E-state index in [-0.39, 0.29) is 30.5 Å². The van der Waals surface area contributed by atoms with Crippen LogP contribution in [0.2, 0.25) is 0 Å². The zero-order valence-corrected chi connectivity index (χ0v) is 17.4. The zero-order valence-electron chi connectivity index (χ0n) is 15.8. The van der Waals surface area contributed by atoms with Gasteiger partial charge in [-0.05, 0) is 46.5 Å². The van der Waals surface area contributed by atoms with Gasteiger partial charge >= 0.3 is 5.97 Å². The van der Waals surface area contributed by atoms with E-state index < -0.39 is 12.0 Å². The lowest BCUT2D eigenvalue weighted by Gasteiger charge is -2.19. The molecule has 1 unspecified atom stereocenters. The highest BCUT2D eigenvalue weighted by Gasteiger charge is 2.24. The van der Waals surface area contributed by atoms with Gasteiger partial charge in [-0.1, -0.05) is 26.0 Å². The summed E-state index contributed by atoms with van der Waals surface area (Å²) in [6.45, 7) is 6.02. The van der Waals surface area contributed by atoms with E-state index in [0.717, 1.165) is 11.3 Å². The van der Waals surface area contributed by atoms with Crippen molar-refractivity contribution < 1.29 is 19.1 Å². The molecule has 0 bridgehead atoms. The van der Waals surface area contributed by atoms with Gasteiger partial charge in [0.1, 0.15) is 5.75 Å². The van der Waals surface area contributed by atoms with E-state index in [1.807, 2.05) is 19.9 Å². The van der Waals surface area contributed by atoms with E-state index in [9.17, 15) is 9.59 Å². The molecule has 1 amide bonds. The van der Waals surface area contributed by atoms with Crippen molar-refractivity contribution >= 4 is 27.8 Å². The van der Waals surface area contributed by atoms with E-state index in [2.05, 4.69) is 31.4 Å². The Labute approximate surface area is 167 Å². The summed E-state index contributed by atoms with van der Waals surface area (Å²) >= 11 is 3.43. The second kappa shape index (κ2) is 9.55. The fourth-order valence-corrected chi connectivity index (χ4v) is 3.41. The summed E-state index contributed by atoms with van der Waals surface area (Å²) in [6.07, 6.45) is 0.00578. The summed E-state index contributed by atoms with van der Waals surface area (Å²) in [4.78, 5) is 24.8. The number of nitrogens with zero attached hydrogens (tertiary/aromatic N) is 1. The van der Waals surface area contributed by atoms with Gasteiger partial charge in [-0.2, -0.15) is 5.10 Å². The van der Waals surface area contributed by atoms with Crippen LogP contribution >= 0.6 is 15.9 Å². The van der Waals surface area contributed by atoms with Gasteiger partial charge in [0.2, 0.25) is 0 Å². The lowest BCUT2D eigenvalue weighted by atomic mass is 10.0. The third-order valence-electron chi connectivity index (χ3n) is 4.00. The molecule has 1 atom stereocenters. The highest BCUT2D eigenvalue weighted by Crippen LogP contribution is 2.27. The van der Waals surface area contributed by atoms with Gasteiger partial charge < -0.3 is 14.8 Å². The zero-order chi connectivity index (χ0) is 20.0. The molecule has 2 N–H and O–H groups in total. The van der Waals surface area contributed by atoms with Crippen molar-refractivity contribution in [3.8, 4) is 5.75 Å². The number of aromatic amines is 1. The molecule has 1 heterocycles. The maximum atomic E-state index is 12.8. The molecular weight excluding hydrogens is 414 g/mol. The summed E-state index contributed by atoms with van der Waals surface area (Å²) in [6, 6.07) is 6.64. The van der Waals surface area contributed by atoms with Crippen LogP contribution in [0.15, 0.2) is 28.7 Å². The van der Waals surface area contributed by atoms with Crippen LogP contribution in [0.3, 0.4) is 0 Å². The lowest BCUT2D eigenvalue weighted by Crippen LogP contribution is -2.31. The number of hydrogen-bond acceptors (Lipinski definition) is 5. The van der Waals surface area contributed by atoms with E-state index in [0.29, 0.717) is 10.2 Å². The summed E-state index contributed by atoms with van der Waals surface area (Å²) in [5, 5.41) is 9.86. The number of aromatic nitrogens is 2. The molecule has 0 spiro atoms. The molecule has 8 heteroatoms. The SMILES string of the molecule is CCOC(=O)CC(NC(=O)c1n[nH]c(C(C)C)c1Br)c1cccc(OC)c1. The average molecular weight is 438 g/mol. The number of benzene rings is 1. The number of halogens is 1. The summed E-state index contributed by atoms with van der Waals surface area (Å²) < 4.78 is 10.9. The smallest absolute Gasteiger partial charge is 0.308 e. The summed E-state index contributed by atoms with van der Waals surface area (Å²) in [7, 11) is 1.56. The molecule has 1 aromatic carbocycles. The van der Waals surface area contributed by atoms with E-state index in [4.69, 9.17) is 9.47 Å². The number of hydrogen-bond donors (Lipinski definition) is 2. The van der Waals surface area contributed by atoms with Crippen LogP contribution in [-0.4, -0.2) is 35.8 Å². The van der Waals surface area contributed by atoms with E-state index in [1.54, 1.807) is 32.2 Å². The van der Waals surface area contributed by atoms with Crippen molar-refractivity contribution in [2.24, 2.45) is 0 Å². The fraction of sp³-hybridized carbons (Fsp3) is 0.421. The summed E-state index contributed by atoms with van der Waals surface area (Å²) in [5.74, 6) is 0.0394. The first-order valence-electron chi connectivity index (χ1n) is 8.71. The minimum atomic E-state index is -0.572. The van der Waals surface area contributed by atoms with E-state index >= 15 is 0 Å². The first kappa shape index (κ1) is 21.0. The molecule has 146 valence electrons. The largest absolute Gasteiger partial charge is 0.497 e. The average Bonchev–Trinajstić information content (AvgIpc) is 3.03. The topological polar surface area (TPSA) is 93.3 Å². The van der Waals surface area contributed by atoms with Crippen molar-refractivity contribution in [2.45, 2.75) is 39.2 Å². The fourth-order valence-electron chi connectivity index (χ4n) is 2.60. The summed E-state index contributed by atoms with van der Waals surface area (Å²) in [5.41, 5.74) is 1.82. The number of H-pyrrole nitrogens is 1. The molecule has 0 fully saturated rings. The predicted octanol–water partition coefficient (Wildman–Crippen LogP) is 3.73. The van der Waals surface area contributed by atoms with Crippen LogP contribution < -0.4 is 10.1 Å². The van der Waals surface area contributed by atoms with Crippen molar-refractivity contribution in [2.75, 3.05) is 13.7 Å². The van der Waals surface area contributed by atoms with Gasteiger partial charge in [0.15, 0.2) is 5.69 Å². The Morgan fingerprint density at radius 2 is 2.07 bits per heavy atom. The van der Waals surface area contributed by atoms with Gasteiger partial charge in [0.05, 0.1) is 36.3 Å². The number of carbonyl (C=O) groups is 2. The first-order valence-corrected chi connectivity index (χ1v) is 9.50. The van der Waals surface area contributed by atoms with Gasteiger partial charge in [-0.3, -0.25) is 14.7 Å². The Kier molecular flexibility index (Phi) is 7.41. The maximum Gasteiger partial charge on any atom is 0.308 e. The Morgan fingerprint density at radius 3 is 2.67 bits per heavy atom. The second-order valence-corrected chi connectivity index (χ2v) is 7.06. The molecule has 2 rings (SSSR count). The van der Waals surface area contributed by atoms with Crippen molar-refractivity contribution in [1.82, 2.24) is 15.5 Å². The van der Waals surface area contributed by atoms with Crippen LogP contribution in [0.1, 0.15) is 60.9 Å². The quantitative estimate of drug-likeness (QED) is 0.613. The molecular formula is C19H24BrN3O4. The molecule has 1 aromatic heterocycles. The predicted molar refractivity (Wildman–Crippen MR) is 105 cm³/mol. The number of methoxy groups -OCH3 is 1. The Balaban J connectivity index is 2.27. The molecule has 27 heavy (non-hydrogen) atoms. The number of nitrogens with one attached hydrogen (secondary N) is 2. The molecule has 7 nitrogen and oxygen atoms in total. The molecule has 2 aromatic rings. The van der Waals surface area contributed by atoms with Crippen LogP contribution in [-0.2, 0) is 9.53 Å². The number of amides is 1. The van der Waals surface area contributed by atoms with Crippen molar-refractivity contribution in [1.29, 1.82) is 0 Å². The third-order valence-corrected chi connectivity index (χ3v) is 4.81. The highest BCUT2D eigenvalue weighted by molar-refractivity contribution is 9.10. The molecule has 0 saturated heterocycles. The van der Waals surface area contributed by atoms with Crippen molar-refractivity contribution in [3.63, 3.8) is 0 Å². The maximum absolute atomic E-state index is 12.8. The number of esters is 1. The van der Waals surface area contributed by atoms with Crippen LogP contribution in [0.25, 0.3) is 0 Å². The Morgan fingerprint density at radius 1 is 1.33 bits per heavy atom. The minimum absolute atomic E-state index is 0.00578. The third kappa shape index (κ3) is 5.32. The van der Waals surface area contributed by atoms with Crippen LogP contribution in [0, 0.1) is 0 Å². The van der Waals surface area contributed by atoms with Crippen LogP contribution in [0.5, 0.6) is 5.75 Å². The number of rotatable bonds is 8. The molecule has 0 saturated carbocycles. The molecule has 0 aliphatic carbocycles. The van der Waals surface area contributed by atoms with Gasteiger partial charge in [0, 0.05) is 0 Å². The standard InChI is InChI=1S/C19H24BrN3O4/c1-5-27-15(24)10-14(12-7-6-8-13(9-12)26-4)21-19(25)18-16(20)17(11(2)3)22-23-18/h6-9,11,14H,5,10H2,1-4H3,(H,21,25)(H,22,23). The lowest BCUT2D eigenvalue weighted by molar-refractivity contribution is -0.143. The van der Waals surface area contributed by atoms with Gasteiger partial charge in [-0.25, -0.2) is 0 Å². The van der Waals surface area contributed by atoms with E-state index in [1.165, 1.54) is 0 Å². The highest BCUT2D eigenvalue weighted by atomic mass is 79.9. The molecule has 0 radical (unpaired) electrons. The normalized spacial score (nSPS) is 11.9. The molecule has 0 aliphatic rings. The monoisotopic (exact) mass is 437 g/mol. The first-order chi connectivity index (χ1) is 12.9.